The Labute approximate surface area is 88.3 Å². The topological polar surface area (TPSA) is 26.3 Å². The number of rotatable bonds is 5. The summed E-state index contributed by atoms with van der Waals surface area (Å²) in [6.45, 7) is 9.51. The van der Waals surface area contributed by atoms with E-state index in [1.54, 1.807) is 0 Å². The van der Waals surface area contributed by atoms with Crippen LogP contribution in [0, 0.1) is 0 Å². The number of esters is 1. The van der Waals surface area contributed by atoms with Crippen LogP contribution in [0.1, 0.15) is 19.8 Å². The SMILES string of the molecule is C=CC(=O)OCCCC.C=C[SiH]1CC1. The molecule has 2 nitrogen and oxygen atoms in total. The highest BCUT2D eigenvalue weighted by molar-refractivity contribution is 6.74. The number of ether oxygens (including phenoxy) is 1. The summed E-state index contributed by atoms with van der Waals surface area (Å²) in [4.78, 5) is 10.3. The molecule has 1 heterocycles. The predicted molar refractivity (Wildman–Crippen MR) is 63.0 cm³/mol. The van der Waals surface area contributed by atoms with Crippen LogP contribution in [0.2, 0.25) is 12.1 Å². The maximum atomic E-state index is 10.3. The fraction of sp³-hybridized carbons (Fsp3) is 0.545. The highest BCUT2D eigenvalue weighted by atomic mass is 28.3. The van der Waals surface area contributed by atoms with E-state index in [2.05, 4.69) is 23.6 Å². The minimum Gasteiger partial charge on any atom is -0.463 e. The summed E-state index contributed by atoms with van der Waals surface area (Å²) in [6.07, 6.45) is 3.15. The number of carbonyl (C=O) groups excluding carboxylic acids is 1. The Morgan fingerprint density at radius 2 is 2.14 bits per heavy atom. The van der Waals surface area contributed by atoms with Gasteiger partial charge in [-0.2, -0.15) is 0 Å². The summed E-state index contributed by atoms with van der Waals surface area (Å²) in [5.74, 6) is -0.330. The van der Waals surface area contributed by atoms with Crippen LogP contribution in [-0.4, -0.2) is 21.4 Å². The summed E-state index contributed by atoms with van der Waals surface area (Å²) in [6, 6.07) is 3.06. The monoisotopic (exact) mass is 212 g/mol. The Hall–Kier alpha value is -0.833. The van der Waals surface area contributed by atoms with Gasteiger partial charge in [0.1, 0.15) is 0 Å². The number of hydrogen-bond donors (Lipinski definition) is 0. The van der Waals surface area contributed by atoms with E-state index in [1.807, 2.05) is 6.92 Å². The average molecular weight is 212 g/mol. The molecule has 14 heavy (non-hydrogen) atoms. The number of unbranched alkanes of at least 4 members (excludes halogenated alkanes) is 1. The molecule has 0 radical (unpaired) electrons. The lowest BCUT2D eigenvalue weighted by Crippen LogP contribution is -2.00. The summed E-state index contributed by atoms with van der Waals surface area (Å²) in [5, 5.41) is 0. The van der Waals surface area contributed by atoms with Crippen LogP contribution in [0.25, 0.3) is 0 Å². The van der Waals surface area contributed by atoms with Crippen molar-refractivity contribution in [2.24, 2.45) is 0 Å². The van der Waals surface area contributed by atoms with Crippen LogP contribution >= 0.6 is 0 Å². The van der Waals surface area contributed by atoms with Gasteiger partial charge in [-0.25, -0.2) is 4.79 Å². The fourth-order valence-electron chi connectivity index (χ4n) is 0.708. The molecule has 1 aliphatic rings. The van der Waals surface area contributed by atoms with Gasteiger partial charge in [-0.05, 0) is 6.42 Å². The molecule has 0 atom stereocenters. The zero-order valence-corrected chi connectivity index (χ0v) is 10.2. The van der Waals surface area contributed by atoms with Crippen LogP contribution in [0.4, 0.5) is 0 Å². The Bertz CT molecular complexity index is 186. The third kappa shape index (κ3) is 9.26. The molecule has 1 saturated heterocycles. The van der Waals surface area contributed by atoms with Crippen LogP contribution in [0.5, 0.6) is 0 Å². The third-order valence-electron chi connectivity index (χ3n) is 1.86. The van der Waals surface area contributed by atoms with Crippen LogP contribution in [0.3, 0.4) is 0 Å². The molecular formula is C11H20O2Si. The van der Waals surface area contributed by atoms with E-state index in [9.17, 15) is 4.79 Å². The summed E-state index contributed by atoms with van der Waals surface area (Å²) in [5.41, 5.74) is 2.17. The quantitative estimate of drug-likeness (QED) is 0.303. The first-order valence-electron chi connectivity index (χ1n) is 5.16. The van der Waals surface area contributed by atoms with Crippen molar-refractivity contribution in [3.63, 3.8) is 0 Å². The van der Waals surface area contributed by atoms with Gasteiger partial charge < -0.3 is 4.74 Å². The molecular weight excluding hydrogens is 192 g/mol. The van der Waals surface area contributed by atoms with Gasteiger partial charge in [0.25, 0.3) is 0 Å². The molecule has 1 rings (SSSR count). The first kappa shape index (κ1) is 13.2. The molecule has 0 bridgehead atoms. The second-order valence-electron chi connectivity index (χ2n) is 3.30. The molecule has 0 amide bonds. The van der Waals surface area contributed by atoms with Gasteiger partial charge in [-0.3, -0.25) is 0 Å². The fourth-order valence-corrected chi connectivity index (χ4v) is 1.95. The van der Waals surface area contributed by atoms with E-state index in [0.29, 0.717) is 6.61 Å². The largest absolute Gasteiger partial charge is 0.463 e. The van der Waals surface area contributed by atoms with Crippen molar-refractivity contribution in [2.45, 2.75) is 31.9 Å². The predicted octanol–water partition coefficient (Wildman–Crippen LogP) is 2.47. The molecule has 3 heteroatoms. The van der Waals surface area contributed by atoms with Gasteiger partial charge in [-0.1, -0.05) is 32.0 Å². The Balaban J connectivity index is 0.000000280. The minimum absolute atomic E-state index is 0.136. The zero-order valence-electron chi connectivity index (χ0n) is 9.00. The standard InChI is InChI=1S/C7H12O2.C4H8Si/c1-3-5-6-9-7(8)4-2;1-2-5-3-4-5/h4H,2-3,5-6H2,1H3;2,5H,1,3-4H2. The Kier molecular flexibility index (Phi) is 8.23. The highest BCUT2D eigenvalue weighted by Crippen LogP contribution is 2.20. The third-order valence-corrected chi connectivity index (χ3v) is 3.77. The van der Waals surface area contributed by atoms with E-state index >= 15 is 0 Å². The van der Waals surface area contributed by atoms with Gasteiger partial charge in [0.2, 0.25) is 0 Å². The molecule has 1 fully saturated rings. The van der Waals surface area contributed by atoms with Crippen molar-refractivity contribution in [3.05, 3.63) is 24.9 Å². The smallest absolute Gasteiger partial charge is 0.330 e. The van der Waals surface area contributed by atoms with Crippen LogP contribution in [0.15, 0.2) is 24.9 Å². The molecule has 0 aromatic carbocycles. The molecule has 0 spiro atoms. The maximum Gasteiger partial charge on any atom is 0.330 e. The molecule has 0 aromatic heterocycles. The van der Waals surface area contributed by atoms with E-state index in [0.717, 1.165) is 12.8 Å². The van der Waals surface area contributed by atoms with Crippen molar-refractivity contribution in [2.75, 3.05) is 6.61 Å². The van der Waals surface area contributed by atoms with Crippen molar-refractivity contribution < 1.29 is 9.53 Å². The average Bonchev–Trinajstić information content (AvgIpc) is 3.02. The van der Waals surface area contributed by atoms with Gasteiger partial charge in [0.05, 0.1) is 15.4 Å². The van der Waals surface area contributed by atoms with E-state index in [4.69, 9.17) is 0 Å². The molecule has 0 N–H and O–H groups in total. The Morgan fingerprint density at radius 1 is 1.50 bits per heavy atom. The van der Waals surface area contributed by atoms with Gasteiger partial charge >= 0.3 is 5.97 Å². The van der Waals surface area contributed by atoms with Gasteiger partial charge in [-0.15, -0.1) is 12.3 Å². The van der Waals surface area contributed by atoms with Crippen molar-refractivity contribution in [3.8, 4) is 0 Å². The molecule has 1 aliphatic heterocycles. The molecule has 0 aromatic rings. The second-order valence-corrected chi connectivity index (χ2v) is 6.44. The van der Waals surface area contributed by atoms with E-state index in [1.165, 1.54) is 18.2 Å². The number of hydrogen-bond acceptors (Lipinski definition) is 2. The lowest BCUT2D eigenvalue weighted by Gasteiger charge is -1.97. The van der Waals surface area contributed by atoms with Crippen molar-refractivity contribution >= 4 is 14.8 Å². The van der Waals surface area contributed by atoms with E-state index < -0.39 is 0 Å². The molecule has 0 saturated carbocycles. The van der Waals surface area contributed by atoms with Gasteiger partial charge in [0.15, 0.2) is 0 Å². The van der Waals surface area contributed by atoms with E-state index in [-0.39, 0.29) is 14.8 Å². The molecule has 0 unspecified atom stereocenters. The summed E-state index contributed by atoms with van der Waals surface area (Å²) in [7, 11) is -0.136. The lowest BCUT2D eigenvalue weighted by molar-refractivity contribution is -0.137. The summed E-state index contributed by atoms with van der Waals surface area (Å²) >= 11 is 0. The lowest BCUT2D eigenvalue weighted by atomic mass is 10.4. The highest BCUT2D eigenvalue weighted by Gasteiger charge is 2.17. The molecule has 0 aliphatic carbocycles. The maximum absolute atomic E-state index is 10.3. The second kappa shape index (κ2) is 8.75. The van der Waals surface area contributed by atoms with Crippen LogP contribution < -0.4 is 0 Å². The van der Waals surface area contributed by atoms with Crippen LogP contribution in [-0.2, 0) is 9.53 Å². The van der Waals surface area contributed by atoms with Crippen molar-refractivity contribution in [1.29, 1.82) is 0 Å². The number of carbonyl (C=O) groups is 1. The summed E-state index contributed by atoms with van der Waals surface area (Å²) < 4.78 is 4.67. The normalized spacial score (nSPS) is 13.5. The first-order chi connectivity index (χ1) is 6.74. The van der Waals surface area contributed by atoms with Crippen molar-refractivity contribution in [1.82, 2.24) is 0 Å². The van der Waals surface area contributed by atoms with Gasteiger partial charge in [0, 0.05) is 6.08 Å². The first-order valence-corrected chi connectivity index (χ1v) is 7.46. The molecule has 80 valence electrons. The minimum atomic E-state index is -0.330. The zero-order chi connectivity index (χ0) is 10.8. The Morgan fingerprint density at radius 3 is 2.43 bits per heavy atom.